The first-order chi connectivity index (χ1) is 8.56. The van der Waals surface area contributed by atoms with Gasteiger partial charge in [-0.25, -0.2) is 4.79 Å². The highest BCUT2D eigenvalue weighted by Gasteiger charge is 2.18. The van der Waals surface area contributed by atoms with Crippen molar-refractivity contribution in [3.8, 4) is 5.75 Å². The van der Waals surface area contributed by atoms with Gasteiger partial charge < -0.3 is 9.15 Å². The lowest BCUT2D eigenvalue weighted by atomic mass is 10.1. The van der Waals surface area contributed by atoms with E-state index in [2.05, 4.69) is 15.9 Å². The number of rotatable bonds is 3. The van der Waals surface area contributed by atoms with Crippen LogP contribution in [0.3, 0.4) is 0 Å². The molecule has 6 nitrogen and oxygen atoms in total. The molecule has 0 fully saturated rings. The molecule has 0 aliphatic carbocycles. The van der Waals surface area contributed by atoms with Crippen LogP contribution in [-0.2, 0) is 5.33 Å². The number of hydrogen-bond donors (Lipinski definition) is 0. The Hall–Kier alpha value is -1.89. The molecule has 1 aromatic heterocycles. The average molecular weight is 314 g/mol. The van der Waals surface area contributed by atoms with Crippen LogP contribution in [0.25, 0.3) is 11.0 Å². The van der Waals surface area contributed by atoms with Crippen LogP contribution < -0.4 is 10.4 Å². The Balaban J connectivity index is 2.87. The average Bonchev–Trinajstić information content (AvgIpc) is 2.35. The molecule has 0 aliphatic rings. The normalized spacial score (nSPS) is 10.6. The van der Waals surface area contributed by atoms with E-state index in [-0.39, 0.29) is 17.0 Å². The first kappa shape index (κ1) is 12.6. The number of methoxy groups -OCH3 is 1. The van der Waals surface area contributed by atoms with Crippen molar-refractivity contribution in [2.45, 2.75) is 5.33 Å². The predicted octanol–water partition coefficient (Wildman–Crippen LogP) is 2.60. The predicted molar refractivity (Wildman–Crippen MR) is 68.3 cm³/mol. The van der Waals surface area contributed by atoms with Crippen molar-refractivity contribution in [2.24, 2.45) is 0 Å². The molecule has 0 aliphatic heterocycles. The molecule has 18 heavy (non-hydrogen) atoms. The number of hydrogen-bond acceptors (Lipinski definition) is 5. The molecule has 0 amide bonds. The Morgan fingerprint density at radius 1 is 1.44 bits per heavy atom. The molecule has 0 N–H and O–H groups in total. The Bertz CT molecular complexity index is 679. The third-order valence-corrected chi connectivity index (χ3v) is 3.07. The molecular weight excluding hydrogens is 306 g/mol. The molecule has 2 aromatic rings. The van der Waals surface area contributed by atoms with Crippen LogP contribution in [0.1, 0.15) is 5.56 Å². The van der Waals surface area contributed by atoms with Crippen LogP contribution in [-0.4, -0.2) is 12.0 Å². The SMILES string of the molecule is COc1cc2oc(=O)cc(CBr)c2cc1[N+](=O)[O-]. The molecule has 2 rings (SSSR count). The summed E-state index contributed by atoms with van der Waals surface area (Å²) < 4.78 is 9.92. The molecular formula is C11H8BrNO5. The number of alkyl halides is 1. The van der Waals surface area contributed by atoms with Crippen molar-refractivity contribution in [3.63, 3.8) is 0 Å². The number of benzene rings is 1. The van der Waals surface area contributed by atoms with E-state index in [1.807, 2.05) is 0 Å². The van der Waals surface area contributed by atoms with E-state index in [4.69, 9.17) is 9.15 Å². The lowest BCUT2D eigenvalue weighted by Gasteiger charge is -2.05. The number of nitro groups is 1. The maximum Gasteiger partial charge on any atom is 0.336 e. The summed E-state index contributed by atoms with van der Waals surface area (Å²) in [5.74, 6) is 0.0578. The number of fused-ring (bicyclic) bond motifs is 1. The summed E-state index contributed by atoms with van der Waals surface area (Å²) in [4.78, 5) is 21.7. The molecule has 1 aromatic carbocycles. The van der Waals surface area contributed by atoms with E-state index in [1.54, 1.807) is 0 Å². The van der Waals surface area contributed by atoms with Crippen LogP contribution in [0.4, 0.5) is 5.69 Å². The molecule has 0 unspecified atom stereocenters. The van der Waals surface area contributed by atoms with Crippen LogP contribution in [0.15, 0.2) is 27.4 Å². The Morgan fingerprint density at radius 2 is 2.17 bits per heavy atom. The summed E-state index contributed by atoms with van der Waals surface area (Å²) >= 11 is 3.23. The minimum Gasteiger partial charge on any atom is -0.490 e. The van der Waals surface area contributed by atoms with Crippen molar-refractivity contribution in [1.29, 1.82) is 0 Å². The van der Waals surface area contributed by atoms with Gasteiger partial charge in [0.05, 0.1) is 12.0 Å². The van der Waals surface area contributed by atoms with Crippen molar-refractivity contribution < 1.29 is 14.1 Å². The number of halogens is 1. The standard InChI is InChI=1S/C11H8BrNO5/c1-17-10-4-9-7(3-8(10)13(15)16)6(5-12)2-11(14)18-9/h2-4H,5H2,1H3. The molecule has 1 heterocycles. The largest absolute Gasteiger partial charge is 0.490 e. The van der Waals surface area contributed by atoms with E-state index < -0.39 is 10.5 Å². The van der Waals surface area contributed by atoms with Gasteiger partial charge in [-0.05, 0) is 5.56 Å². The van der Waals surface area contributed by atoms with Crippen LogP contribution in [0.2, 0.25) is 0 Å². The summed E-state index contributed by atoms with van der Waals surface area (Å²) in [5.41, 5.74) is 0.223. The summed E-state index contributed by atoms with van der Waals surface area (Å²) in [6.45, 7) is 0. The Morgan fingerprint density at radius 3 is 2.72 bits per heavy atom. The minimum atomic E-state index is -0.540. The van der Waals surface area contributed by atoms with Gasteiger partial charge in [0.25, 0.3) is 0 Å². The molecule has 0 radical (unpaired) electrons. The molecule has 0 spiro atoms. The van der Waals surface area contributed by atoms with Gasteiger partial charge in [-0.2, -0.15) is 0 Å². The van der Waals surface area contributed by atoms with Gasteiger partial charge in [-0.1, -0.05) is 15.9 Å². The lowest BCUT2D eigenvalue weighted by Crippen LogP contribution is -2.01. The van der Waals surface area contributed by atoms with E-state index in [0.717, 1.165) is 0 Å². The van der Waals surface area contributed by atoms with E-state index in [0.29, 0.717) is 16.3 Å². The Labute approximate surface area is 109 Å². The molecule has 0 bridgehead atoms. The molecule has 0 saturated carbocycles. The van der Waals surface area contributed by atoms with Gasteiger partial charge in [0.15, 0.2) is 0 Å². The summed E-state index contributed by atoms with van der Waals surface area (Å²) in [6, 6.07) is 3.99. The first-order valence-corrected chi connectivity index (χ1v) is 6.04. The third kappa shape index (κ3) is 2.08. The second kappa shape index (κ2) is 4.77. The van der Waals surface area contributed by atoms with Crippen molar-refractivity contribution in [2.75, 3.05) is 7.11 Å². The summed E-state index contributed by atoms with van der Waals surface area (Å²) in [7, 11) is 1.32. The van der Waals surface area contributed by atoms with Gasteiger partial charge in [0.2, 0.25) is 5.75 Å². The van der Waals surface area contributed by atoms with E-state index in [9.17, 15) is 14.9 Å². The smallest absolute Gasteiger partial charge is 0.336 e. The lowest BCUT2D eigenvalue weighted by molar-refractivity contribution is -0.385. The Kier molecular flexibility index (Phi) is 3.33. The highest BCUT2D eigenvalue weighted by molar-refractivity contribution is 9.08. The fraction of sp³-hybridized carbons (Fsp3) is 0.182. The molecule has 94 valence electrons. The van der Waals surface area contributed by atoms with Gasteiger partial charge in [0.1, 0.15) is 5.58 Å². The van der Waals surface area contributed by atoms with Gasteiger partial charge >= 0.3 is 11.3 Å². The topological polar surface area (TPSA) is 82.6 Å². The monoisotopic (exact) mass is 313 g/mol. The van der Waals surface area contributed by atoms with E-state index in [1.165, 1.54) is 25.3 Å². The van der Waals surface area contributed by atoms with E-state index >= 15 is 0 Å². The third-order valence-electron chi connectivity index (χ3n) is 2.47. The maximum atomic E-state index is 11.3. The van der Waals surface area contributed by atoms with Crippen LogP contribution >= 0.6 is 15.9 Å². The quantitative estimate of drug-likeness (QED) is 0.376. The van der Waals surface area contributed by atoms with Gasteiger partial charge in [-0.3, -0.25) is 10.1 Å². The zero-order valence-electron chi connectivity index (χ0n) is 9.31. The number of nitrogens with zero attached hydrogens (tertiary/aromatic N) is 1. The van der Waals surface area contributed by atoms with Crippen molar-refractivity contribution >= 4 is 32.6 Å². The minimum absolute atomic E-state index is 0.0578. The van der Waals surface area contributed by atoms with Gasteiger partial charge in [-0.15, -0.1) is 0 Å². The highest BCUT2D eigenvalue weighted by Crippen LogP contribution is 2.33. The zero-order chi connectivity index (χ0) is 13.3. The van der Waals surface area contributed by atoms with Crippen LogP contribution in [0, 0.1) is 10.1 Å². The molecule has 0 saturated heterocycles. The maximum absolute atomic E-state index is 11.3. The van der Waals surface area contributed by atoms with Crippen molar-refractivity contribution in [1.82, 2.24) is 0 Å². The van der Waals surface area contributed by atoms with Gasteiger partial charge in [0, 0.05) is 28.9 Å². The van der Waals surface area contributed by atoms with Crippen LogP contribution in [0.5, 0.6) is 5.75 Å². The summed E-state index contributed by atoms with van der Waals surface area (Å²) in [5, 5.41) is 11.8. The first-order valence-electron chi connectivity index (χ1n) is 4.92. The second-order valence-electron chi connectivity index (χ2n) is 3.50. The second-order valence-corrected chi connectivity index (χ2v) is 4.06. The molecule has 0 atom stereocenters. The summed E-state index contributed by atoms with van der Waals surface area (Å²) in [6.07, 6.45) is 0. The molecule has 7 heteroatoms. The fourth-order valence-corrected chi connectivity index (χ4v) is 2.12. The highest BCUT2D eigenvalue weighted by atomic mass is 79.9. The number of nitro benzene ring substituents is 1. The fourth-order valence-electron chi connectivity index (χ4n) is 1.66. The van der Waals surface area contributed by atoms with Crippen molar-refractivity contribution in [3.05, 3.63) is 44.3 Å². The number of ether oxygens (including phenoxy) is 1. The zero-order valence-corrected chi connectivity index (χ0v) is 10.9.